The van der Waals surface area contributed by atoms with Crippen molar-refractivity contribution in [1.29, 1.82) is 0 Å². The number of nitrogens with zero attached hydrogens (tertiary/aromatic N) is 2. The van der Waals surface area contributed by atoms with Gasteiger partial charge in [-0.05, 0) is 24.3 Å². The van der Waals surface area contributed by atoms with Crippen molar-refractivity contribution in [3.8, 4) is 0 Å². The van der Waals surface area contributed by atoms with Gasteiger partial charge < -0.3 is 0 Å². The molecule has 0 aliphatic carbocycles. The molecule has 126 valence electrons. The Morgan fingerprint density at radius 1 is 0.731 bits per heavy atom. The van der Waals surface area contributed by atoms with E-state index in [1.807, 2.05) is 54.6 Å². The second-order valence-corrected chi connectivity index (χ2v) is 5.67. The summed E-state index contributed by atoms with van der Waals surface area (Å²) in [4.78, 5) is 33.2. The second kappa shape index (κ2) is 6.60. The summed E-state index contributed by atoms with van der Waals surface area (Å²) in [6.45, 7) is 0. The fraction of sp³-hybridized carbons (Fsp3) is 0. The van der Waals surface area contributed by atoms with Crippen LogP contribution in [-0.2, 0) is 0 Å². The van der Waals surface area contributed by atoms with Gasteiger partial charge in [0, 0.05) is 17.0 Å². The normalized spacial score (nSPS) is 10.6. The number of carbonyl (C=O) groups is 2. The van der Waals surface area contributed by atoms with Gasteiger partial charge in [0.05, 0.1) is 16.6 Å². The number of nitrogens with one attached hydrogen (secondary N) is 2. The standard InChI is InChI=1S/C20H14N4O2/c25-19(15-11-12-21-17-8-4-2-6-14(15)17)23-24-20(26)18-10-9-13-5-1-3-7-16(13)22-18/h1-12H,(H,23,25)(H,24,26). The summed E-state index contributed by atoms with van der Waals surface area (Å²) < 4.78 is 0. The number of aromatic nitrogens is 2. The number of hydrogen-bond acceptors (Lipinski definition) is 4. The molecule has 2 amide bonds. The number of hydrogen-bond donors (Lipinski definition) is 2. The topological polar surface area (TPSA) is 84.0 Å². The van der Waals surface area contributed by atoms with Gasteiger partial charge in [0.2, 0.25) is 0 Å². The Labute approximate surface area is 148 Å². The minimum absolute atomic E-state index is 0.226. The molecule has 0 spiro atoms. The number of hydrazine groups is 1. The van der Waals surface area contributed by atoms with Crippen LogP contribution < -0.4 is 10.9 Å². The number of rotatable bonds is 2. The zero-order chi connectivity index (χ0) is 17.9. The number of carbonyl (C=O) groups excluding carboxylic acids is 2. The summed E-state index contributed by atoms with van der Waals surface area (Å²) in [5.41, 5.74) is 6.92. The average Bonchev–Trinajstić information content (AvgIpc) is 2.71. The molecule has 0 atom stereocenters. The van der Waals surface area contributed by atoms with Crippen LogP contribution in [0.2, 0.25) is 0 Å². The quantitative estimate of drug-likeness (QED) is 0.549. The molecule has 4 rings (SSSR count). The number of pyridine rings is 2. The lowest BCUT2D eigenvalue weighted by atomic mass is 10.1. The smallest absolute Gasteiger partial charge is 0.267 e. The van der Waals surface area contributed by atoms with Gasteiger partial charge in [-0.1, -0.05) is 42.5 Å². The molecular weight excluding hydrogens is 328 g/mol. The Morgan fingerprint density at radius 3 is 2.35 bits per heavy atom. The second-order valence-electron chi connectivity index (χ2n) is 5.67. The van der Waals surface area contributed by atoms with Gasteiger partial charge >= 0.3 is 0 Å². The average molecular weight is 342 g/mol. The molecule has 0 saturated heterocycles. The monoisotopic (exact) mass is 342 g/mol. The zero-order valence-corrected chi connectivity index (χ0v) is 13.6. The predicted molar refractivity (Wildman–Crippen MR) is 98.4 cm³/mol. The summed E-state index contributed by atoms with van der Waals surface area (Å²) in [5.74, 6) is -0.903. The summed E-state index contributed by atoms with van der Waals surface area (Å²) in [7, 11) is 0. The van der Waals surface area contributed by atoms with Crippen molar-refractivity contribution in [2.75, 3.05) is 0 Å². The van der Waals surface area contributed by atoms with Gasteiger partial charge in [0.1, 0.15) is 5.69 Å². The van der Waals surface area contributed by atoms with Gasteiger partial charge in [-0.25, -0.2) is 4.98 Å². The van der Waals surface area contributed by atoms with Crippen molar-refractivity contribution in [3.63, 3.8) is 0 Å². The van der Waals surface area contributed by atoms with E-state index in [4.69, 9.17) is 0 Å². The zero-order valence-electron chi connectivity index (χ0n) is 13.6. The first-order valence-corrected chi connectivity index (χ1v) is 8.02. The van der Waals surface area contributed by atoms with Gasteiger partial charge in [-0.15, -0.1) is 0 Å². The maximum absolute atomic E-state index is 12.4. The molecule has 6 nitrogen and oxygen atoms in total. The van der Waals surface area contributed by atoms with Crippen LogP contribution in [0, 0.1) is 0 Å². The molecular formula is C20H14N4O2. The highest BCUT2D eigenvalue weighted by Gasteiger charge is 2.13. The third-order valence-corrected chi connectivity index (χ3v) is 4.01. The Kier molecular flexibility index (Phi) is 3.99. The maximum Gasteiger partial charge on any atom is 0.288 e. The highest BCUT2D eigenvalue weighted by atomic mass is 16.2. The summed E-state index contributed by atoms with van der Waals surface area (Å²) in [6.07, 6.45) is 1.56. The van der Waals surface area contributed by atoms with Crippen LogP contribution in [0.25, 0.3) is 21.8 Å². The predicted octanol–water partition coefficient (Wildman–Crippen LogP) is 2.86. The number of benzene rings is 2. The fourth-order valence-electron chi connectivity index (χ4n) is 2.73. The molecule has 0 saturated carbocycles. The summed E-state index contributed by atoms with van der Waals surface area (Å²) in [6, 6.07) is 19.9. The molecule has 0 bridgehead atoms. The third-order valence-electron chi connectivity index (χ3n) is 4.01. The Morgan fingerprint density at radius 2 is 1.46 bits per heavy atom. The SMILES string of the molecule is O=C(NNC(=O)c1ccnc2ccccc12)c1ccc2ccccc2n1. The van der Waals surface area contributed by atoms with Crippen LogP contribution >= 0.6 is 0 Å². The highest BCUT2D eigenvalue weighted by molar-refractivity contribution is 6.07. The van der Waals surface area contributed by atoms with Crippen molar-refractivity contribution in [3.05, 3.63) is 84.2 Å². The molecule has 2 N–H and O–H groups in total. The number of fused-ring (bicyclic) bond motifs is 2. The molecule has 0 radical (unpaired) electrons. The van der Waals surface area contributed by atoms with Crippen LogP contribution in [0.4, 0.5) is 0 Å². The van der Waals surface area contributed by atoms with E-state index in [9.17, 15) is 9.59 Å². The van der Waals surface area contributed by atoms with Gasteiger partial charge in [0.15, 0.2) is 0 Å². The van der Waals surface area contributed by atoms with Crippen molar-refractivity contribution in [2.24, 2.45) is 0 Å². The van der Waals surface area contributed by atoms with Gasteiger partial charge in [-0.2, -0.15) is 0 Å². The summed E-state index contributed by atoms with van der Waals surface area (Å²) >= 11 is 0. The Hall–Kier alpha value is -3.80. The van der Waals surface area contributed by atoms with E-state index >= 15 is 0 Å². The molecule has 4 aromatic rings. The molecule has 6 heteroatoms. The summed E-state index contributed by atoms with van der Waals surface area (Å²) in [5, 5.41) is 1.65. The first kappa shape index (κ1) is 15.7. The van der Waals surface area contributed by atoms with Crippen LogP contribution in [-0.4, -0.2) is 21.8 Å². The van der Waals surface area contributed by atoms with Crippen LogP contribution in [0.3, 0.4) is 0 Å². The molecule has 2 aromatic heterocycles. The molecule has 26 heavy (non-hydrogen) atoms. The van der Waals surface area contributed by atoms with Crippen molar-refractivity contribution >= 4 is 33.6 Å². The molecule has 2 aromatic carbocycles. The fourth-order valence-corrected chi connectivity index (χ4v) is 2.73. The molecule has 0 fully saturated rings. The first-order chi connectivity index (χ1) is 12.7. The van der Waals surface area contributed by atoms with Crippen LogP contribution in [0.15, 0.2) is 72.9 Å². The van der Waals surface area contributed by atoms with E-state index in [1.165, 1.54) is 0 Å². The van der Waals surface area contributed by atoms with E-state index in [0.717, 1.165) is 5.39 Å². The minimum atomic E-state index is -0.484. The van der Waals surface area contributed by atoms with Crippen molar-refractivity contribution < 1.29 is 9.59 Å². The molecule has 0 aliphatic heterocycles. The highest BCUT2D eigenvalue weighted by Crippen LogP contribution is 2.16. The third kappa shape index (κ3) is 2.95. The van der Waals surface area contributed by atoms with Gasteiger partial charge in [-0.3, -0.25) is 25.4 Å². The molecule has 2 heterocycles. The van der Waals surface area contributed by atoms with Crippen LogP contribution in [0.1, 0.15) is 20.8 Å². The van der Waals surface area contributed by atoms with Gasteiger partial charge in [0.25, 0.3) is 11.8 Å². The van der Waals surface area contributed by atoms with E-state index < -0.39 is 11.8 Å². The number of para-hydroxylation sites is 2. The van der Waals surface area contributed by atoms with E-state index in [0.29, 0.717) is 22.0 Å². The van der Waals surface area contributed by atoms with Crippen molar-refractivity contribution in [1.82, 2.24) is 20.8 Å². The molecule has 0 aliphatic rings. The van der Waals surface area contributed by atoms with E-state index in [-0.39, 0.29) is 5.69 Å². The Bertz CT molecular complexity index is 1140. The Balaban J connectivity index is 1.52. The lowest BCUT2D eigenvalue weighted by Crippen LogP contribution is -2.42. The van der Waals surface area contributed by atoms with Crippen LogP contribution in [0.5, 0.6) is 0 Å². The first-order valence-electron chi connectivity index (χ1n) is 8.02. The number of amides is 2. The minimum Gasteiger partial charge on any atom is -0.267 e. The van der Waals surface area contributed by atoms with Crippen molar-refractivity contribution in [2.45, 2.75) is 0 Å². The molecule has 0 unspecified atom stereocenters. The lowest BCUT2D eigenvalue weighted by molar-refractivity contribution is 0.0845. The van der Waals surface area contributed by atoms with E-state index in [2.05, 4.69) is 20.8 Å². The largest absolute Gasteiger partial charge is 0.288 e. The van der Waals surface area contributed by atoms with E-state index in [1.54, 1.807) is 18.3 Å². The maximum atomic E-state index is 12.4. The lowest BCUT2D eigenvalue weighted by Gasteiger charge is -2.09.